The molecule has 7 heteroatoms. The third-order valence-electron chi connectivity index (χ3n) is 11.1. The molecule has 2 aromatic rings. The Morgan fingerprint density at radius 1 is 0.977 bits per heavy atom. The highest BCUT2D eigenvalue weighted by molar-refractivity contribution is 7.89. The molecule has 1 aliphatic heterocycles. The monoisotopic (exact) mass is 599 g/mol. The molecule has 2 aromatic carbocycles. The zero-order valence-electron chi connectivity index (χ0n) is 24.6. The van der Waals surface area contributed by atoms with Crippen molar-refractivity contribution in [3.8, 4) is 11.8 Å². The first-order chi connectivity index (χ1) is 20.6. The van der Waals surface area contributed by atoms with E-state index in [2.05, 4.69) is 18.8 Å². The minimum Gasteiger partial charge on any atom is -0.377 e. The smallest absolute Gasteiger partial charge is 0.243 e. The van der Waals surface area contributed by atoms with Gasteiger partial charge in [0.25, 0.3) is 0 Å². The van der Waals surface area contributed by atoms with Gasteiger partial charge in [0.1, 0.15) is 11.4 Å². The molecular weight excluding hydrogens is 561 g/mol. The predicted octanol–water partition coefficient (Wildman–Crippen LogP) is 6.29. The Kier molecular flexibility index (Phi) is 7.04. The Morgan fingerprint density at radius 2 is 1.70 bits per heavy atom. The van der Waals surface area contributed by atoms with Gasteiger partial charge in [0.2, 0.25) is 10.0 Å². The average Bonchev–Trinajstić information content (AvgIpc) is 3.64. The second kappa shape index (κ2) is 10.5. The van der Waals surface area contributed by atoms with Crippen molar-refractivity contribution >= 4 is 15.8 Å². The van der Waals surface area contributed by atoms with Crippen molar-refractivity contribution in [1.82, 2.24) is 4.31 Å². The molecule has 0 aromatic heterocycles. The predicted molar refractivity (Wildman–Crippen MR) is 163 cm³/mol. The SMILES string of the molecule is C[C@]12C[C@H](c3ccc(F)cc3)C3=C4CCC(=O)C=C4CC[C@H]3[C@@H]1CC[C@@]2(O)C#Cc1ccc(S(=O)(=O)N2CCCC2)cc1. The number of allylic oxidation sites excluding steroid dienone is 4. The number of fused-ring (bicyclic) bond motifs is 4. The number of carbonyl (C=O) groups is 1. The molecule has 0 amide bonds. The number of hydrogen-bond acceptors (Lipinski definition) is 4. The standard InChI is InChI=1S/C36H38FNO4S/c1-35-23-32(25-6-9-27(37)10-7-25)34-30-15-11-28(39)22-26(30)8-14-31(34)33(35)17-19-36(35,40)18-16-24-4-12-29(13-5-24)43(41,42)38-20-2-3-21-38/h4-7,9-10,12-13,22,31-33,40H,2-3,8,11,14-15,17,19-21,23H2,1H3/t31-,32+,33-,35-,36-/m0/s1. The van der Waals surface area contributed by atoms with Gasteiger partial charge in [-0.15, -0.1) is 0 Å². The number of ketones is 1. The number of carbonyl (C=O) groups excluding carboxylic acids is 1. The molecule has 3 fully saturated rings. The summed E-state index contributed by atoms with van der Waals surface area (Å²) in [4.78, 5) is 12.6. The van der Waals surface area contributed by atoms with Gasteiger partial charge in [0.05, 0.1) is 4.90 Å². The summed E-state index contributed by atoms with van der Waals surface area (Å²) in [5.74, 6) is 6.95. The van der Waals surface area contributed by atoms with E-state index >= 15 is 0 Å². The molecule has 4 aliphatic carbocycles. The summed E-state index contributed by atoms with van der Waals surface area (Å²) < 4.78 is 41.4. The van der Waals surface area contributed by atoms with Crippen LogP contribution in [0.15, 0.2) is 76.2 Å². The summed E-state index contributed by atoms with van der Waals surface area (Å²) in [5.41, 5.74) is 3.90. The number of hydrogen-bond donors (Lipinski definition) is 1. The average molecular weight is 600 g/mol. The highest BCUT2D eigenvalue weighted by Crippen LogP contribution is 2.66. The van der Waals surface area contributed by atoms with E-state index in [-0.39, 0.29) is 34.2 Å². The van der Waals surface area contributed by atoms with Crippen LogP contribution < -0.4 is 0 Å². The van der Waals surface area contributed by atoms with E-state index in [9.17, 15) is 22.7 Å². The molecule has 5 atom stereocenters. The maximum Gasteiger partial charge on any atom is 0.243 e. The van der Waals surface area contributed by atoms with E-state index in [1.165, 1.54) is 33.2 Å². The highest BCUT2D eigenvalue weighted by Gasteiger charge is 2.62. The first-order valence-electron chi connectivity index (χ1n) is 15.7. The van der Waals surface area contributed by atoms with E-state index in [0.29, 0.717) is 37.9 Å². The Hall–Kier alpha value is -3.05. The van der Waals surface area contributed by atoms with Crippen molar-refractivity contribution in [3.05, 3.63) is 88.3 Å². The maximum atomic E-state index is 14.0. The van der Waals surface area contributed by atoms with Crippen LogP contribution in [0.4, 0.5) is 4.39 Å². The molecule has 7 rings (SSSR count). The molecule has 0 bridgehead atoms. The summed E-state index contributed by atoms with van der Waals surface area (Å²) in [6, 6.07) is 13.5. The Labute approximate surface area is 253 Å². The van der Waals surface area contributed by atoms with Gasteiger partial charge in [0, 0.05) is 36.4 Å². The summed E-state index contributed by atoms with van der Waals surface area (Å²) >= 11 is 0. The van der Waals surface area contributed by atoms with Crippen LogP contribution in [0.3, 0.4) is 0 Å². The van der Waals surface area contributed by atoms with Crippen molar-refractivity contribution in [2.24, 2.45) is 17.3 Å². The summed E-state index contributed by atoms with van der Waals surface area (Å²) in [5, 5.41) is 12.3. The minimum absolute atomic E-state index is 0.0141. The molecule has 224 valence electrons. The zero-order valence-corrected chi connectivity index (χ0v) is 25.4. The van der Waals surface area contributed by atoms with Gasteiger partial charge in [-0.25, -0.2) is 12.8 Å². The fourth-order valence-corrected chi connectivity index (χ4v) is 10.3. The third-order valence-corrected chi connectivity index (χ3v) is 13.0. The quantitative estimate of drug-likeness (QED) is 0.421. The Morgan fingerprint density at radius 3 is 2.42 bits per heavy atom. The number of aliphatic hydroxyl groups is 1. The molecule has 1 N–H and O–H groups in total. The molecule has 0 spiro atoms. The van der Waals surface area contributed by atoms with E-state index in [1.54, 1.807) is 24.3 Å². The Balaban J connectivity index is 1.24. The van der Waals surface area contributed by atoms with Crippen LogP contribution in [-0.2, 0) is 14.8 Å². The van der Waals surface area contributed by atoms with Crippen LogP contribution in [-0.4, -0.2) is 42.3 Å². The molecule has 5 nitrogen and oxygen atoms in total. The number of halogens is 1. The fraction of sp³-hybridized carbons (Fsp3) is 0.472. The van der Waals surface area contributed by atoms with Gasteiger partial charge < -0.3 is 5.11 Å². The molecule has 1 saturated heterocycles. The number of rotatable bonds is 3. The van der Waals surface area contributed by atoms with Crippen LogP contribution in [0.5, 0.6) is 0 Å². The molecule has 0 radical (unpaired) electrons. The molecule has 1 heterocycles. The lowest BCUT2D eigenvalue weighted by atomic mass is 9.51. The van der Waals surface area contributed by atoms with Crippen LogP contribution in [0.25, 0.3) is 0 Å². The maximum absolute atomic E-state index is 14.0. The van der Waals surface area contributed by atoms with Crippen molar-refractivity contribution in [2.45, 2.75) is 81.1 Å². The molecule has 0 unspecified atom stereocenters. The molecular formula is C36H38FNO4S. The van der Waals surface area contributed by atoms with E-state index in [4.69, 9.17) is 0 Å². The van der Waals surface area contributed by atoms with E-state index < -0.39 is 21.0 Å². The lowest BCUT2D eigenvalue weighted by Gasteiger charge is -2.53. The first kappa shape index (κ1) is 28.7. The Bertz CT molecular complexity index is 1690. The van der Waals surface area contributed by atoms with Crippen molar-refractivity contribution in [1.29, 1.82) is 0 Å². The fourth-order valence-electron chi connectivity index (χ4n) is 8.83. The summed E-state index contributed by atoms with van der Waals surface area (Å²) in [6.45, 7) is 3.30. The molecule has 5 aliphatic rings. The number of nitrogens with zero attached hydrogens (tertiary/aromatic N) is 1. The van der Waals surface area contributed by atoms with Crippen molar-refractivity contribution in [3.63, 3.8) is 0 Å². The van der Waals surface area contributed by atoms with Crippen LogP contribution in [0.2, 0.25) is 0 Å². The largest absolute Gasteiger partial charge is 0.377 e. The molecule has 43 heavy (non-hydrogen) atoms. The van der Waals surface area contributed by atoms with Gasteiger partial charge in [-0.1, -0.05) is 36.5 Å². The van der Waals surface area contributed by atoms with Crippen LogP contribution in [0.1, 0.15) is 81.8 Å². The van der Waals surface area contributed by atoms with E-state index in [1.807, 2.05) is 18.2 Å². The van der Waals surface area contributed by atoms with Gasteiger partial charge in [-0.3, -0.25) is 4.79 Å². The number of benzene rings is 2. The van der Waals surface area contributed by atoms with Crippen molar-refractivity contribution in [2.75, 3.05) is 13.1 Å². The highest BCUT2D eigenvalue weighted by atomic mass is 32.2. The zero-order chi connectivity index (χ0) is 30.0. The van der Waals surface area contributed by atoms with Gasteiger partial charge in [0.15, 0.2) is 5.78 Å². The summed E-state index contributed by atoms with van der Waals surface area (Å²) in [7, 11) is -3.50. The van der Waals surface area contributed by atoms with Gasteiger partial charge >= 0.3 is 0 Å². The topological polar surface area (TPSA) is 74.7 Å². The molecule has 2 saturated carbocycles. The van der Waals surface area contributed by atoms with Crippen molar-refractivity contribution < 1.29 is 22.7 Å². The van der Waals surface area contributed by atoms with Gasteiger partial charge in [-0.2, -0.15) is 4.31 Å². The normalized spacial score (nSPS) is 32.4. The van der Waals surface area contributed by atoms with Crippen LogP contribution >= 0.6 is 0 Å². The minimum atomic E-state index is -3.50. The first-order valence-corrected chi connectivity index (χ1v) is 17.1. The third kappa shape index (κ3) is 4.74. The second-order valence-electron chi connectivity index (χ2n) is 13.3. The lowest BCUT2D eigenvalue weighted by Crippen LogP contribution is -2.51. The second-order valence-corrected chi connectivity index (χ2v) is 15.3. The summed E-state index contributed by atoms with van der Waals surface area (Å²) in [6.07, 6.45) is 8.84. The van der Waals surface area contributed by atoms with E-state index in [0.717, 1.165) is 44.1 Å². The number of sulfonamides is 1. The van der Waals surface area contributed by atoms with Gasteiger partial charge in [-0.05, 0) is 122 Å². The lowest BCUT2D eigenvalue weighted by molar-refractivity contribution is -0.114. The van der Waals surface area contributed by atoms with Crippen LogP contribution in [0, 0.1) is 34.9 Å².